The summed E-state index contributed by atoms with van der Waals surface area (Å²) in [4.78, 5) is 21.5. The van der Waals surface area contributed by atoms with Crippen LogP contribution in [0.4, 0.5) is 0 Å². The van der Waals surface area contributed by atoms with Crippen LogP contribution in [-0.4, -0.2) is 32.0 Å². The average molecular weight is 468 g/mol. The lowest BCUT2D eigenvalue weighted by atomic mass is 10.1. The van der Waals surface area contributed by atoms with Crippen LogP contribution in [0.15, 0.2) is 48.5 Å². The molecule has 1 amide bonds. The molecule has 0 saturated carbocycles. The van der Waals surface area contributed by atoms with E-state index in [1.54, 1.807) is 22.7 Å². The first-order valence-corrected chi connectivity index (χ1v) is 11.2. The van der Waals surface area contributed by atoms with Crippen molar-refractivity contribution in [3.63, 3.8) is 0 Å². The van der Waals surface area contributed by atoms with Gasteiger partial charge < -0.3 is 5.32 Å². The van der Waals surface area contributed by atoms with E-state index in [9.17, 15) is 4.79 Å². The predicted molar refractivity (Wildman–Crippen MR) is 127 cm³/mol. The van der Waals surface area contributed by atoms with Crippen LogP contribution in [0.2, 0.25) is 10.0 Å². The number of hydrogen-bond donors (Lipinski definition) is 1. The summed E-state index contributed by atoms with van der Waals surface area (Å²) >= 11 is 12.3. The SMILES string of the molecule is Cc1nc2nc(-c3ccc(Cl)cc3Cl)nn2c(C)c1CCC(=O)NCCc1ccccc1. The number of aryl methyl sites for hydroxylation is 2. The van der Waals surface area contributed by atoms with Crippen LogP contribution >= 0.6 is 23.2 Å². The van der Waals surface area contributed by atoms with Crippen molar-refractivity contribution in [1.82, 2.24) is 24.9 Å². The fourth-order valence-corrected chi connectivity index (χ4v) is 4.17. The van der Waals surface area contributed by atoms with E-state index < -0.39 is 0 Å². The molecule has 1 N–H and O–H groups in total. The number of fused-ring (bicyclic) bond motifs is 1. The van der Waals surface area contributed by atoms with Gasteiger partial charge in [-0.15, -0.1) is 5.10 Å². The highest BCUT2D eigenvalue weighted by Crippen LogP contribution is 2.29. The van der Waals surface area contributed by atoms with Gasteiger partial charge in [-0.1, -0.05) is 53.5 Å². The topological polar surface area (TPSA) is 72.2 Å². The number of benzene rings is 2. The zero-order valence-corrected chi connectivity index (χ0v) is 19.4. The molecule has 32 heavy (non-hydrogen) atoms. The van der Waals surface area contributed by atoms with E-state index in [2.05, 4.69) is 32.5 Å². The zero-order valence-electron chi connectivity index (χ0n) is 17.9. The molecule has 0 aliphatic rings. The van der Waals surface area contributed by atoms with E-state index in [1.807, 2.05) is 32.0 Å². The molecule has 4 aromatic rings. The van der Waals surface area contributed by atoms with E-state index in [0.717, 1.165) is 23.4 Å². The Kier molecular flexibility index (Phi) is 6.72. The molecule has 0 atom stereocenters. The maximum Gasteiger partial charge on any atom is 0.253 e. The molecule has 0 aliphatic carbocycles. The molecule has 4 rings (SSSR count). The predicted octanol–water partition coefficient (Wildman–Crippen LogP) is 5.01. The summed E-state index contributed by atoms with van der Waals surface area (Å²) in [7, 11) is 0. The van der Waals surface area contributed by atoms with E-state index in [0.29, 0.717) is 46.6 Å². The van der Waals surface area contributed by atoms with Crippen LogP contribution in [-0.2, 0) is 17.6 Å². The molecule has 0 spiro atoms. The fraction of sp³-hybridized carbons (Fsp3) is 0.250. The first kappa shape index (κ1) is 22.2. The number of hydrogen-bond acceptors (Lipinski definition) is 4. The minimum absolute atomic E-state index is 0.0204. The number of nitrogens with zero attached hydrogens (tertiary/aromatic N) is 4. The standard InChI is InChI=1S/C24H23Cl2N5O/c1-15-19(10-11-22(32)27-13-12-17-6-4-3-5-7-17)16(2)31-24(28-15)29-23(30-31)20-9-8-18(25)14-21(20)26/h3-9,14H,10-13H2,1-2H3,(H,27,32). The van der Waals surface area contributed by atoms with Crippen LogP contribution in [0.3, 0.4) is 0 Å². The number of nitrogens with one attached hydrogen (secondary N) is 1. The van der Waals surface area contributed by atoms with Gasteiger partial charge in [0.05, 0.1) is 5.02 Å². The van der Waals surface area contributed by atoms with Gasteiger partial charge >= 0.3 is 0 Å². The van der Waals surface area contributed by atoms with Crippen LogP contribution in [0.25, 0.3) is 17.2 Å². The van der Waals surface area contributed by atoms with Crippen molar-refractivity contribution in [3.8, 4) is 11.4 Å². The highest BCUT2D eigenvalue weighted by molar-refractivity contribution is 6.36. The van der Waals surface area contributed by atoms with E-state index in [1.165, 1.54) is 5.56 Å². The molecular weight excluding hydrogens is 445 g/mol. The Morgan fingerprint density at radius 1 is 1.03 bits per heavy atom. The monoisotopic (exact) mass is 467 g/mol. The van der Waals surface area contributed by atoms with Gasteiger partial charge in [-0.05, 0) is 56.0 Å². The molecule has 2 aromatic heterocycles. The maximum absolute atomic E-state index is 12.4. The van der Waals surface area contributed by atoms with Crippen molar-refractivity contribution in [1.29, 1.82) is 0 Å². The first-order valence-electron chi connectivity index (χ1n) is 10.4. The summed E-state index contributed by atoms with van der Waals surface area (Å²) < 4.78 is 1.70. The zero-order chi connectivity index (χ0) is 22.7. The molecule has 0 saturated heterocycles. The Bertz CT molecular complexity index is 1270. The van der Waals surface area contributed by atoms with Crippen molar-refractivity contribution in [2.24, 2.45) is 0 Å². The maximum atomic E-state index is 12.4. The molecular formula is C24H23Cl2N5O. The van der Waals surface area contributed by atoms with E-state index in [-0.39, 0.29) is 5.91 Å². The Labute approximate surface area is 196 Å². The number of halogens is 2. The second kappa shape index (κ2) is 9.67. The third-order valence-corrected chi connectivity index (χ3v) is 5.95. The van der Waals surface area contributed by atoms with Gasteiger partial charge in [0.25, 0.3) is 5.78 Å². The highest BCUT2D eigenvalue weighted by Gasteiger charge is 2.17. The minimum atomic E-state index is 0.0204. The Morgan fingerprint density at radius 3 is 2.56 bits per heavy atom. The van der Waals surface area contributed by atoms with Crippen molar-refractivity contribution >= 4 is 34.9 Å². The molecule has 2 aromatic carbocycles. The molecule has 0 fully saturated rings. The quantitative estimate of drug-likeness (QED) is 0.414. The summed E-state index contributed by atoms with van der Waals surface area (Å²) in [6, 6.07) is 15.3. The number of rotatable bonds is 7. The third-order valence-electron chi connectivity index (χ3n) is 5.40. The van der Waals surface area contributed by atoms with Crippen molar-refractivity contribution in [2.75, 3.05) is 6.54 Å². The van der Waals surface area contributed by atoms with E-state index >= 15 is 0 Å². The smallest absolute Gasteiger partial charge is 0.253 e. The Balaban J connectivity index is 1.46. The lowest BCUT2D eigenvalue weighted by Gasteiger charge is -2.10. The van der Waals surface area contributed by atoms with Crippen molar-refractivity contribution in [2.45, 2.75) is 33.1 Å². The van der Waals surface area contributed by atoms with Crippen LogP contribution < -0.4 is 5.32 Å². The second-order valence-corrected chi connectivity index (χ2v) is 8.46. The number of aromatic nitrogens is 4. The molecule has 2 heterocycles. The van der Waals surface area contributed by atoms with Gasteiger partial charge in [0.2, 0.25) is 5.91 Å². The van der Waals surface area contributed by atoms with Gasteiger partial charge in [-0.2, -0.15) is 4.98 Å². The number of carbonyl (C=O) groups is 1. The molecule has 0 bridgehead atoms. The largest absolute Gasteiger partial charge is 0.356 e. The van der Waals surface area contributed by atoms with Gasteiger partial charge in [0.15, 0.2) is 5.82 Å². The fourth-order valence-electron chi connectivity index (χ4n) is 3.67. The van der Waals surface area contributed by atoms with Crippen molar-refractivity contribution in [3.05, 3.63) is 81.1 Å². The van der Waals surface area contributed by atoms with Crippen LogP contribution in [0.1, 0.15) is 28.9 Å². The third kappa shape index (κ3) is 4.92. The van der Waals surface area contributed by atoms with Crippen molar-refractivity contribution < 1.29 is 4.79 Å². The van der Waals surface area contributed by atoms with Gasteiger partial charge in [-0.25, -0.2) is 9.50 Å². The summed E-state index contributed by atoms with van der Waals surface area (Å²) in [6.45, 7) is 4.51. The molecule has 164 valence electrons. The average Bonchev–Trinajstić information content (AvgIpc) is 3.18. The van der Waals surface area contributed by atoms with Crippen LogP contribution in [0.5, 0.6) is 0 Å². The lowest BCUT2D eigenvalue weighted by Crippen LogP contribution is -2.26. The van der Waals surface area contributed by atoms with Gasteiger partial charge in [0.1, 0.15) is 0 Å². The van der Waals surface area contributed by atoms with E-state index in [4.69, 9.17) is 23.2 Å². The normalized spacial score (nSPS) is 11.1. The molecule has 6 nitrogen and oxygen atoms in total. The Hall–Kier alpha value is -2.96. The highest BCUT2D eigenvalue weighted by atomic mass is 35.5. The minimum Gasteiger partial charge on any atom is -0.356 e. The summed E-state index contributed by atoms with van der Waals surface area (Å²) in [5.41, 5.74) is 4.64. The lowest BCUT2D eigenvalue weighted by molar-refractivity contribution is -0.121. The molecule has 0 radical (unpaired) electrons. The molecule has 0 aliphatic heterocycles. The molecule has 8 heteroatoms. The Morgan fingerprint density at radius 2 is 1.81 bits per heavy atom. The molecule has 0 unspecified atom stereocenters. The number of amides is 1. The van der Waals surface area contributed by atoms with Gasteiger partial charge in [-0.3, -0.25) is 4.79 Å². The number of carbonyl (C=O) groups excluding carboxylic acids is 1. The van der Waals surface area contributed by atoms with Gasteiger partial charge in [0, 0.05) is 34.9 Å². The summed E-state index contributed by atoms with van der Waals surface area (Å²) in [5.74, 6) is 1.00. The summed E-state index contributed by atoms with van der Waals surface area (Å²) in [6.07, 6.45) is 1.77. The first-order chi connectivity index (χ1) is 15.4. The second-order valence-electron chi connectivity index (χ2n) is 7.62. The van der Waals surface area contributed by atoms with Crippen LogP contribution in [0, 0.1) is 13.8 Å². The summed E-state index contributed by atoms with van der Waals surface area (Å²) in [5, 5.41) is 8.63.